The molecule has 0 aliphatic heterocycles. The lowest BCUT2D eigenvalue weighted by Gasteiger charge is -2.13. The quantitative estimate of drug-likeness (QED) is 0.437. The molecule has 0 radical (unpaired) electrons. The second-order valence-corrected chi connectivity index (χ2v) is 1.77. The summed E-state index contributed by atoms with van der Waals surface area (Å²) in [6, 6.07) is 0. The Bertz CT molecular complexity index is 107. The lowest BCUT2D eigenvalue weighted by molar-refractivity contribution is -0.190. The molecule has 0 aromatic carbocycles. The number of hydrogen-bond donors (Lipinski definition) is 0. The molecular formula is C7H14O4. The summed E-state index contributed by atoms with van der Waals surface area (Å²) in [6.45, 7) is 4.43. The van der Waals surface area contributed by atoms with Crippen LogP contribution in [0.2, 0.25) is 0 Å². The van der Waals surface area contributed by atoms with Gasteiger partial charge in [0.25, 0.3) is 6.29 Å². The molecule has 0 heterocycles. The van der Waals surface area contributed by atoms with Gasteiger partial charge in [0.2, 0.25) is 0 Å². The van der Waals surface area contributed by atoms with Gasteiger partial charge >= 0.3 is 5.97 Å². The smallest absolute Gasteiger partial charge is 0.363 e. The predicted molar refractivity (Wildman–Crippen MR) is 39.1 cm³/mol. The highest BCUT2D eigenvalue weighted by Crippen LogP contribution is 1.96. The minimum absolute atomic E-state index is 0.430. The van der Waals surface area contributed by atoms with E-state index in [1.807, 2.05) is 0 Å². The van der Waals surface area contributed by atoms with Crippen molar-refractivity contribution in [1.82, 2.24) is 0 Å². The highest BCUT2D eigenvalue weighted by Gasteiger charge is 2.18. The Hall–Kier alpha value is -0.610. The zero-order chi connectivity index (χ0) is 8.69. The van der Waals surface area contributed by atoms with Crippen molar-refractivity contribution in [1.29, 1.82) is 0 Å². The molecular weight excluding hydrogens is 148 g/mol. The Morgan fingerprint density at radius 3 is 2.00 bits per heavy atom. The lowest BCUT2D eigenvalue weighted by atomic mass is 10.6. The van der Waals surface area contributed by atoms with Gasteiger partial charge in [0.15, 0.2) is 0 Å². The van der Waals surface area contributed by atoms with Crippen molar-refractivity contribution in [3.63, 3.8) is 0 Å². The van der Waals surface area contributed by atoms with Crippen molar-refractivity contribution in [3.05, 3.63) is 0 Å². The summed E-state index contributed by atoms with van der Waals surface area (Å²) < 4.78 is 14.3. The van der Waals surface area contributed by atoms with Crippen molar-refractivity contribution >= 4 is 5.97 Å². The van der Waals surface area contributed by atoms with Gasteiger partial charge in [-0.25, -0.2) is 4.79 Å². The van der Waals surface area contributed by atoms with Crippen LogP contribution in [-0.2, 0) is 19.0 Å². The Kier molecular flexibility index (Phi) is 5.78. The second kappa shape index (κ2) is 6.12. The number of carbonyl (C=O) groups excluding carboxylic acids is 1. The maximum atomic E-state index is 10.8. The Labute approximate surface area is 66.4 Å². The van der Waals surface area contributed by atoms with E-state index in [1.54, 1.807) is 13.8 Å². The van der Waals surface area contributed by atoms with E-state index in [2.05, 4.69) is 4.74 Å². The molecule has 0 unspecified atom stereocenters. The summed E-state index contributed by atoms with van der Waals surface area (Å²) >= 11 is 0. The van der Waals surface area contributed by atoms with Gasteiger partial charge in [-0.15, -0.1) is 0 Å². The normalized spacial score (nSPS) is 10.2. The Morgan fingerprint density at radius 1 is 1.27 bits per heavy atom. The van der Waals surface area contributed by atoms with Gasteiger partial charge in [0, 0.05) is 13.2 Å². The van der Waals surface area contributed by atoms with E-state index in [1.165, 1.54) is 7.11 Å². The van der Waals surface area contributed by atoms with E-state index in [0.717, 1.165) is 0 Å². The van der Waals surface area contributed by atoms with E-state index in [9.17, 15) is 4.79 Å². The molecule has 0 rings (SSSR count). The molecule has 4 heteroatoms. The molecule has 0 spiro atoms. The number of hydrogen-bond acceptors (Lipinski definition) is 4. The fourth-order valence-corrected chi connectivity index (χ4v) is 0.583. The first kappa shape index (κ1) is 10.4. The van der Waals surface area contributed by atoms with Gasteiger partial charge in [-0.3, -0.25) is 0 Å². The van der Waals surface area contributed by atoms with Gasteiger partial charge in [0.1, 0.15) is 0 Å². The van der Waals surface area contributed by atoms with Crippen molar-refractivity contribution < 1.29 is 19.0 Å². The third-order valence-corrected chi connectivity index (χ3v) is 1.03. The third kappa shape index (κ3) is 3.95. The molecule has 0 saturated carbocycles. The van der Waals surface area contributed by atoms with Crippen LogP contribution in [0.1, 0.15) is 13.8 Å². The van der Waals surface area contributed by atoms with Crippen molar-refractivity contribution in [3.8, 4) is 0 Å². The fraction of sp³-hybridized carbons (Fsp3) is 0.857. The van der Waals surface area contributed by atoms with E-state index < -0.39 is 12.3 Å². The highest BCUT2D eigenvalue weighted by molar-refractivity contribution is 5.72. The summed E-state index contributed by atoms with van der Waals surface area (Å²) in [6.07, 6.45) is -0.866. The van der Waals surface area contributed by atoms with Crippen LogP contribution >= 0.6 is 0 Å². The first-order valence-electron chi connectivity index (χ1n) is 3.57. The lowest BCUT2D eigenvalue weighted by Crippen LogP contribution is -2.28. The molecule has 0 aliphatic rings. The molecule has 0 aliphatic carbocycles. The van der Waals surface area contributed by atoms with Crippen LogP contribution in [0.5, 0.6) is 0 Å². The van der Waals surface area contributed by atoms with Gasteiger partial charge in [-0.05, 0) is 13.8 Å². The Balaban J connectivity index is 3.76. The Morgan fingerprint density at radius 2 is 1.73 bits per heavy atom. The minimum atomic E-state index is -0.866. The van der Waals surface area contributed by atoms with Crippen LogP contribution in [0.4, 0.5) is 0 Å². The van der Waals surface area contributed by atoms with Gasteiger partial charge in [0.05, 0.1) is 7.11 Å². The average Bonchev–Trinajstić information content (AvgIpc) is 2.03. The molecule has 0 fully saturated rings. The molecule has 0 atom stereocenters. The van der Waals surface area contributed by atoms with Crippen LogP contribution in [0, 0.1) is 0 Å². The predicted octanol–water partition coefficient (Wildman–Crippen LogP) is 0.558. The molecule has 0 aromatic heterocycles. The molecule has 0 N–H and O–H groups in total. The summed E-state index contributed by atoms with van der Waals surface area (Å²) in [7, 11) is 1.30. The fourth-order valence-electron chi connectivity index (χ4n) is 0.583. The number of ether oxygens (including phenoxy) is 3. The number of esters is 1. The van der Waals surface area contributed by atoms with Gasteiger partial charge in [-0.2, -0.15) is 0 Å². The second-order valence-electron chi connectivity index (χ2n) is 1.77. The number of methoxy groups -OCH3 is 1. The van der Waals surface area contributed by atoms with E-state index in [4.69, 9.17) is 9.47 Å². The minimum Gasteiger partial charge on any atom is -0.465 e. The molecule has 11 heavy (non-hydrogen) atoms. The average molecular weight is 162 g/mol. The van der Waals surface area contributed by atoms with E-state index >= 15 is 0 Å². The molecule has 4 nitrogen and oxygen atoms in total. The summed E-state index contributed by atoms with van der Waals surface area (Å²) in [5, 5.41) is 0. The van der Waals surface area contributed by atoms with Crippen LogP contribution in [0.25, 0.3) is 0 Å². The van der Waals surface area contributed by atoms with Crippen molar-refractivity contribution in [2.75, 3.05) is 20.3 Å². The largest absolute Gasteiger partial charge is 0.465 e. The standard InChI is InChI=1S/C7H14O4/c1-4-10-7(11-5-2)6(8)9-3/h7H,4-5H2,1-3H3. The SMILES string of the molecule is CCOC(OCC)C(=O)OC. The van der Waals surface area contributed by atoms with E-state index in [0.29, 0.717) is 13.2 Å². The zero-order valence-corrected chi connectivity index (χ0v) is 7.12. The van der Waals surface area contributed by atoms with Gasteiger partial charge < -0.3 is 14.2 Å². The summed E-state index contributed by atoms with van der Waals surface area (Å²) in [5.74, 6) is -0.492. The summed E-state index contributed by atoms with van der Waals surface area (Å²) in [4.78, 5) is 10.8. The zero-order valence-electron chi connectivity index (χ0n) is 7.12. The maximum absolute atomic E-state index is 10.8. The van der Waals surface area contributed by atoms with Crippen LogP contribution in [0.15, 0.2) is 0 Å². The van der Waals surface area contributed by atoms with Crippen molar-refractivity contribution in [2.24, 2.45) is 0 Å². The molecule has 0 aromatic rings. The highest BCUT2D eigenvalue weighted by atomic mass is 16.7. The van der Waals surface area contributed by atoms with Crippen molar-refractivity contribution in [2.45, 2.75) is 20.1 Å². The monoisotopic (exact) mass is 162 g/mol. The molecule has 66 valence electrons. The van der Waals surface area contributed by atoms with Gasteiger partial charge in [-0.1, -0.05) is 0 Å². The molecule has 0 saturated heterocycles. The van der Waals surface area contributed by atoms with Crippen LogP contribution < -0.4 is 0 Å². The summed E-state index contributed by atoms with van der Waals surface area (Å²) in [5.41, 5.74) is 0. The third-order valence-electron chi connectivity index (χ3n) is 1.03. The van der Waals surface area contributed by atoms with E-state index in [-0.39, 0.29) is 0 Å². The molecule has 0 bridgehead atoms. The maximum Gasteiger partial charge on any atom is 0.363 e. The number of rotatable bonds is 5. The topological polar surface area (TPSA) is 44.8 Å². The molecule has 0 amide bonds. The van der Waals surface area contributed by atoms with Crippen LogP contribution in [0.3, 0.4) is 0 Å². The van der Waals surface area contributed by atoms with Crippen LogP contribution in [-0.4, -0.2) is 32.6 Å². The first-order chi connectivity index (χ1) is 5.26. The number of carbonyl (C=O) groups is 1. The first-order valence-corrected chi connectivity index (χ1v) is 3.57.